The molecule has 1 aromatic carbocycles. The Kier molecular flexibility index (Phi) is 6.22. The summed E-state index contributed by atoms with van der Waals surface area (Å²) in [7, 11) is 0. The molecule has 3 nitrogen and oxygen atoms in total. The molecule has 0 unspecified atom stereocenters. The minimum absolute atomic E-state index is 0.446. The van der Waals surface area contributed by atoms with Crippen molar-refractivity contribution in [1.82, 2.24) is 4.90 Å². The highest BCUT2D eigenvalue weighted by Gasteiger charge is 2.19. The first-order valence-corrected chi connectivity index (χ1v) is 7.95. The van der Waals surface area contributed by atoms with Crippen LogP contribution in [0.25, 0.3) is 0 Å². The zero-order valence-electron chi connectivity index (χ0n) is 12.6. The third kappa shape index (κ3) is 4.84. The molecule has 0 radical (unpaired) electrons. The zero-order valence-corrected chi connectivity index (χ0v) is 13.3. The summed E-state index contributed by atoms with van der Waals surface area (Å²) in [6.45, 7) is 5.64. The molecule has 0 amide bonds. The lowest BCUT2D eigenvalue weighted by atomic mass is 10.0. The van der Waals surface area contributed by atoms with Crippen LogP contribution < -0.4 is 10.1 Å². The van der Waals surface area contributed by atoms with Crippen molar-refractivity contribution >= 4 is 17.3 Å². The van der Waals surface area contributed by atoms with Crippen LogP contribution in [0.3, 0.4) is 0 Å². The standard InChI is InChI=1S/C17H23ClN2O/c1-3-9-20-10-7-15(8-11-20)19-16-13-14(18)5-6-17(16)21-12-4-2/h1,5-6,13,15,19H,4,7-12H2,2H3. The molecule has 1 fully saturated rings. The Morgan fingerprint density at radius 2 is 2.19 bits per heavy atom. The van der Waals surface area contributed by atoms with Gasteiger partial charge in [0.1, 0.15) is 5.75 Å². The van der Waals surface area contributed by atoms with Gasteiger partial charge in [-0.25, -0.2) is 0 Å². The van der Waals surface area contributed by atoms with E-state index in [9.17, 15) is 0 Å². The summed E-state index contributed by atoms with van der Waals surface area (Å²) in [5.74, 6) is 3.59. The first kappa shape index (κ1) is 16.0. The predicted molar refractivity (Wildman–Crippen MR) is 89.2 cm³/mol. The van der Waals surface area contributed by atoms with E-state index in [1.54, 1.807) is 0 Å². The van der Waals surface area contributed by atoms with Gasteiger partial charge in [-0.3, -0.25) is 4.90 Å². The van der Waals surface area contributed by atoms with Crippen LogP contribution in [0.5, 0.6) is 5.75 Å². The minimum atomic E-state index is 0.446. The summed E-state index contributed by atoms with van der Waals surface area (Å²) >= 11 is 6.11. The van der Waals surface area contributed by atoms with Gasteiger partial charge < -0.3 is 10.1 Å². The minimum Gasteiger partial charge on any atom is -0.491 e. The molecule has 0 saturated carbocycles. The lowest BCUT2D eigenvalue weighted by molar-refractivity contribution is 0.243. The van der Waals surface area contributed by atoms with E-state index in [0.717, 1.165) is 62.0 Å². The fourth-order valence-electron chi connectivity index (χ4n) is 2.54. The molecule has 21 heavy (non-hydrogen) atoms. The van der Waals surface area contributed by atoms with Crippen LogP contribution in [0.2, 0.25) is 5.02 Å². The zero-order chi connectivity index (χ0) is 15.1. The molecule has 0 atom stereocenters. The van der Waals surface area contributed by atoms with Crippen molar-refractivity contribution in [3.05, 3.63) is 23.2 Å². The van der Waals surface area contributed by atoms with Gasteiger partial charge in [0.25, 0.3) is 0 Å². The quantitative estimate of drug-likeness (QED) is 0.812. The molecule has 1 heterocycles. The van der Waals surface area contributed by atoms with Gasteiger partial charge in [-0.15, -0.1) is 6.42 Å². The van der Waals surface area contributed by atoms with Crippen LogP contribution >= 0.6 is 11.6 Å². The largest absolute Gasteiger partial charge is 0.491 e. The molecule has 1 aliphatic rings. The number of hydrogen-bond donors (Lipinski definition) is 1. The number of nitrogens with zero attached hydrogens (tertiary/aromatic N) is 1. The fourth-order valence-corrected chi connectivity index (χ4v) is 2.71. The summed E-state index contributed by atoms with van der Waals surface area (Å²) in [6, 6.07) is 6.20. The average molecular weight is 307 g/mol. The molecular weight excluding hydrogens is 284 g/mol. The Labute approximate surface area is 132 Å². The van der Waals surface area contributed by atoms with Gasteiger partial charge in [-0.1, -0.05) is 24.4 Å². The summed E-state index contributed by atoms with van der Waals surface area (Å²) in [6.07, 6.45) is 8.52. The molecule has 0 aromatic heterocycles. The number of halogens is 1. The van der Waals surface area contributed by atoms with Crippen molar-refractivity contribution in [2.75, 3.05) is 31.6 Å². The molecular formula is C17H23ClN2O. The topological polar surface area (TPSA) is 24.5 Å². The average Bonchev–Trinajstić information content (AvgIpc) is 2.49. The van der Waals surface area contributed by atoms with Crippen molar-refractivity contribution in [2.24, 2.45) is 0 Å². The second kappa shape index (κ2) is 8.17. The number of rotatable bonds is 6. The van der Waals surface area contributed by atoms with Crippen LogP contribution in [0.1, 0.15) is 26.2 Å². The van der Waals surface area contributed by atoms with Crippen LogP contribution in [0.4, 0.5) is 5.69 Å². The number of hydrogen-bond acceptors (Lipinski definition) is 3. The predicted octanol–water partition coefficient (Wildman–Crippen LogP) is 3.64. The van der Waals surface area contributed by atoms with Crippen molar-refractivity contribution in [3.8, 4) is 18.1 Å². The van der Waals surface area contributed by atoms with E-state index in [1.807, 2.05) is 18.2 Å². The smallest absolute Gasteiger partial charge is 0.142 e. The van der Waals surface area contributed by atoms with Crippen LogP contribution in [0, 0.1) is 12.3 Å². The molecule has 0 bridgehead atoms. The van der Waals surface area contributed by atoms with E-state index in [-0.39, 0.29) is 0 Å². The van der Waals surface area contributed by atoms with E-state index in [4.69, 9.17) is 22.8 Å². The first-order chi connectivity index (χ1) is 10.2. The summed E-state index contributed by atoms with van der Waals surface area (Å²) in [4.78, 5) is 2.31. The third-order valence-electron chi connectivity index (χ3n) is 3.67. The van der Waals surface area contributed by atoms with Crippen LogP contribution in [-0.2, 0) is 0 Å². The Hall–Kier alpha value is -1.37. The van der Waals surface area contributed by atoms with Crippen molar-refractivity contribution in [3.63, 3.8) is 0 Å². The fraction of sp³-hybridized carbons (Fsp3) is 0.529. The molecule has 2 rings (SSSR count). The van der Waals surface area contributed by atoms with Crippen LogP contribution in [-0.4, -0.2) is 37.2 Å². The maximum Gasteiger partial charge on any atom is 0.142 e. The molecule has 1 saturated heterocycles. The number of ether oxygens (including phenoxy) is 1. The summed E-state index contributed by atoms with van der Waals surface area (Å²) < 4.78 is 5.78. The second-order valence-electron chi connectivity index (χ2n) is 5.39. The number of anilines is 1. The van der Waals surface area contributed by atoms with E-state index in [1.165, 1.54) is 0 Å². The van der Waals surface area contributed by atoms with Crippen molar-refractivity contribution in [2.45, 2.75) is 32.2 Å². The lowest BCUT2D eigenvalue weighted by Gasteiger charge is -2.32. The Morgan fingerprint density at radius 1 is 1.43 bits per heavy atom. The van der Waals surface area contributed by atoms with Gasteiger partial charge in [0, 0.05) is 24.2 Å². The Balaban J connectivity index is 1.96. The van der Waals surface area contributed by atoms with E-state index >= 15 is 0 Å². The number of likely N-dealkylation sites (tertiary alicyclic amines) is 1. The van der Waals surface area contributed by atoms with Crippen molar-refractivity contribution in [1.29, 1.82) is 0 Å². The third-order valence-corrected chi connectivity index (χ3v) is 3.90. The number of benzene rings is 1. The van der Waals surface area contributed by atoms with Gasteiger partial charge >= 0.3 is 0 Å². The monoisotopic (exact) mass is 306 g/mol. The van der Waals surface area contributed by atoms with E-state index in [2.05, 4.69) is 23.1 Å². The number of nitrogens with one attached hydrogen (secondary N) is 1. The van der Waals surface area contributed by atoms with Gasteiger partial charge in [0.15, 0.2) is 0 Å². The van der Waals surface area contributed by atoms with Crippen molar-refractivity contribution < 1.29 is 4.74 Å². The highest BCUT2D eigenvalue weighted by molar-refractivity contribution is 6.30. The van der Waals surface area contributed by atoms with E-state index in [0.29, 0.717) is 6.04 Å². The van der Waals surface area contributed by atoms with Gasteiger partial charge in [-0.2, -0.15) is 0 Å². The number of piperidine rings is 1. The maximum atomic E-state index is 6.11. The van der Waals surface area contributed by atoms with Gasteiger partial charge in [0.05, 0.1) is 18.8 Å². The van der Waals surface area contributed by atoms with Gasteiger partial charge in [-0.05, 0) is 37.5 Å². The van der Waals surface area contributed by atoms with E-state index < -0.39 is 0 Å². The SMILES string of the molecule is C#CCN1CCC(Nc2cc(Cl)ccc2OCCC)CC1. The Bertz CT molecular complexity index is 490. The number of terminal acetylenes is 1. The van der Waals surface area contributed by atoms with Gasteiger partial charge in [0.2, 0.25) is 0 Å². The summed E-state index contributed by atoms with van der Waals surface area (Å²) in [5, 5.41) is 4.30. The molecule has 1 aromatic rings. The molecule has 1 aliphatic heterocycles. The summed E-state index contributed by atoms with van der Waals surface area (Å²) in [5.41, 5.74) is 0.992. The molecule has 0 spiro atoms. The highest BCUT2D eigenvalue weighted by atomic mass is 35.5. The Morgan fingerprint density at radius 3 is 2.86 bits per heavy atom. The second-order valence-corrected chi connectivity index (χ2v) is 5.82. The lowest BCUT2D eigenvalue weighted by Crippen LogP contribution is -2.39. The maximum absolute atomic E-state index is 6.11. The highest BCUT2D eigenvalue weighted by Crippen LogP contribution is 2.30. The normalized spacial score (nSPS) is 16.4. The van der Waals surface area contributed by atoms with Crippen LogP contribution in [0.15, 0.2) is 18.2 Å². The first-order valence-electron chi connectivity index (χ1n) is 7.57. The molecule has 0 aliphatic carbocycles. The molecule has 1 N–H and O–H groups in total. The molecule has 4 heteroatoms. The molecule has 114 valence electrons.